The third kappa shape index (κ3) is 4.21. The minimum atomic E-state index is -0.257. The second-order valence-electron chi connectivity index (χ2n) is 6.65. The molecule has 1 aliphatic heterocycles. The number of benzene rings is 1. The van der Waals surface area contributed by atoms with E-state index in [4.69, 9.17) is 21.3 Å². The summed E-state index contributed by atoms with van der Waals surface area (Å²) in [5.41, 5.74) is 3.22. The maximum Gasteiger partial charge on any atom is 0.272 e. The summed E-state index contributed by atoms with van der Waals surface area (Å²) in [5, 5.41) is 0.732. The smallest absolute Gasteiger partial charge is 0.272 e. The van der Waals surface area contributed by atoms with Crippen LogP contribution in [0.5, 0.6) is 0 Å². The van der Waals surface area contributed by atoms with Gasteiger partial charge in [0.1, 0.15) is 11.8 Å². The maximum atomic E-state index is 12.7. The van der Waals surface area contributed by atoms with Crippen molar-refractivity contribution in [1.82, 2.24) is 14.9 Å². The van der Waals surface area contributed by atoms with Crippen LogP contribution in [0.4, 0.5) is 0 Å². The highest BCUT2D eigenvalue weighted by molar-refractivity contribution is 6.31. The fraction of sp³-hybridized carbons (Fsp3) is 0.227. The van der Waals surface area contributed by atoms with Crippen LogP contribution in [0, 0.1) is 0 Å². The molecule has 6 heteroatoms. The molecule has 1 atom stereocenters. The van der Waals surface area contributed by atoms with E-state index in [9.17, 15) is 4.79 Å². The van der Waals surface area contributed by atoms with Gasteiger partial charge in [-0.3, -0.25) is 14.8 Å². The quantitative estimate of drug-likeness (QED) is 0.673. The number of hydrogen-bond donors (Lipinski definition) is 0. The van der Waals surface area contributed by atoms with Crippen molar-refractivity contribution in [3.05, 3.63) is 94.5 Å². The molecule has 142 valence electrons. The van der Waals surface area contributed by atoms with Gasteiger partial charge in [-0.2, -0.15) is 0 Å². The average Bonchev–Trinajstić information content (AvgIpc) is 2.76. The lowest BCUT2D eigenvalue weighted by Crippen LogP contribution is -2.42. The summed E-state index contributed by atoms with van der Waals surface area (Å²) in [6.45, 7) is 1.48. The number of halogens is 1. The normalized spacial score (nSPS) is 16.8. The lowest BCUT2D eigenvalue weighted by molar-refractivity contribution is -0.0249. The fourth-order valence-electron chi connectivity index (χ4n) is 3.28. The molecular weight excluding hydrogens is 374 g/mol. The molecule has 4 rings (SSSR count). The number of rotatable bonds is 4. The Labute approximate surface area is 169 Å². The summed E-state index contributed by atoms with van der Waals surface area (Å²) in [4.78, 5) is 23.4. The molecule has 3 aromatic rings. The van der Waals surface area contributed by atoms with Crippen LogP contribution in [0.3, 0.4) is 0 Å². The number of hydrogen-bond acceptors (Lipinski definition) is 4. The predicted molar refractivity (Wildman–Crippen MR) is 107 cm³/mol. The number of nitrogens with zero attached hydrogens (tertiary/aromatic N) is 3. The van der Waals surface area contributed by atoms with Gasteiger partial charge in [0, 0.05) is 29.9 Å². The SMILES string of the molecule is O=C(c1ccccn1)N1CCOC(c2cccc(Cc3ccccc3Cl)n2)C1. The number of pyridine rings is 2. The van der Waals surface area contributed by atoms with E-state index in [1.54, 1.807) is 23.2 Å². The molecule has 0 saturated carbocycles. The van der Waals surface area contributed by atoms with Crippen molar-refractivity contribution in [1.29, 1.82) is 0 Å². The minimum Gasteiger partial charge on any atom is -0.368 e. The molecule has 0 radical (unpaired) electrons. The third-order valence-corrected chi connectivity index (χ3v) is 5.09. The van der Waals surface area contributed by atoms with Crippen molar-refractivity contribution >= 4 is 17.5 Å². The standard InChI is InChI=1S/C22H20ClN3O2/c23-18-8-2-1-6-16(18)14-17-7-5-10-19(25-17)21-15-26(12-13-28-21)22(27)20-9-3-4-11-24-20/h1-11,21H,12-15H2. The van der Waals surface area contributed by atoms with Crippen LogP contribution in [0.15, 0.2) is 66.9 Å². The number of carbonyl (C=O) groups excluding carboxylic acids is 1. The van der Waals surface area contributed by atoms with Gasteiger partial charge >= 0.3 is 0 Å². The Hall–Kier alpha value is -2.76. The maximum absolute atomic E-state index is 12.7. The van der Waals surface area contributed by atoms with Gasteiger partial charge in [0.15, 0.2) is 0 Å². The van der Waals surface area contributed by atoms with Crippen molar-refractivity contribution in [2.45, 2.75) is 12.5 Å². The molecule has 1 fully saturated rings. The predicted octanol–water partition coefficient (Wildman–Crippen LogP) is 3.93. The summed E-state index contributed by atoms with van der Waals surface area (Å²) < 4.78 is 5.91. The molecule has 1 aromatic carbocycles. The third-order valence-electron chi connectivity index (χ3n) is 4.73. The van der Waals surface area contributed by atoms with E-state index < -0.39 is 0 Å². The Morgan fingerprint density at radius 1 is 1.11 bits per heavy atom. The monoisotopic (exact) mass is 393 g/mol. The zero-order chi connectivity index (χ0) is 19.3. The minimum absolute atomic E-state index is 0.0823. The molecule has 1 saturated heterocycles. The lowest BCUT2D eigenvalue weighted by atomic mass is 10.1. The Bertz CT molecular complexity index is 965. The average molecular weight is 394 g/mol. The topological polar surface area (TPSA) is 55.3 Å². The number of morpholine rings is 1. The lowest BCUT2D eigenvalue weighted by Gasteiger charge is -2.32. The van der Waals surface area contributed by atoms with Crippen molar-refractivity contribution in [3.63, 3.8) is 0 Å². The highest BCUT2D eigenvalue weighted by Crippen LogP contribution is 2.23. The van der Waals surface area contributed by atoms with Gasteiger partial charge in [-0.15, -0.1) is 0 Å². The van der Waals surface area contributed by atoms with E-state index in [-0.39, 0.29) is 12.0 Å². The zero-order valence-electron chi connectivity index (χ0n) is 15.3. The number of ether oxygens (including phenoxy) is 1. The Kier molecular flexibility index (Phi) is 5.65. The van der Waals surface area contributed by atoms with Crippen LogP contribution < -0.4 is 0 Å². The number of amides is 1. The largest absolute Gasteiger partial charge is 0.368 e. The first kappa shape index (κ1) is 18.6. The molecule has 3 heterocycles. The second kappa shape index (κ2) is 8.50. The van der Waals surface area contributed by atoms with Crippen LogP contribution >= 0.6 is 11.6 Å². The van der Waals surface area contributed by atoms with E-state index in [0.29, 0.717) is 31.8 Å². The first-order valence-electron chi connectivity index (χ1n) is 9.22. The molecule has 0 spiro atoms. The molecule has 28 heavy (non-hydrogen) atoms. The van der Waals surface area contributed by atoms with Gasteiger partial charge in [0.2, 0.25) is 0 Å². The molecule has 0 aliphatic carbocycles. The van der Waals surface area contributed by atoms with Gasteiger partial charge in [-0.1, -0.05) is 41.9 Å². The summed E-state index contributed by atoms with van der Waals surface area (Å²) in [6.07, 6.45) is 2.02. The summed E-state index contributed by atoms with van der Waals surface area (Å²) >= 11 is 6.27. The van der Waals surface area contributed by atoms with Crippen molar-refractivity contribution in [2.24, 2.45) is 0 Å². The van der Waals surface area contributed by atoms with Gasteiger partial charge in [-0.05, 0) is 35.9 Å². The van der Waals surface area contributed by atoms with Crippen molar-refractivity contribution in [2.75, 3.05) is 19.7 Å². The molecule has 1 amide bonds. The first-order valence-corrected chi connectivity index (χ1v) is 9.59. The van der Waals surface area contributed by atoms with E-state index in [0.717, 1.165) is 22.0 Å². The Morgan fingerprint density at radius 3 is 2.79 bits per heavy atom. The van der Waals surface area contributed by atoms with Gasteiger partial charge < -0.3 is 9.64 Å². The Balaban J connectivity index is 1.49. The summed E-state index contributed by atoms with van der Waals surface area (Å²) in [5.74, 6) is -0.0823. The highest BCUT2D eigenvalue weighted by Gasteiger charge is 2.27. The van der Waals surface area contributed by atoms with Gasteiger partial charge in [-0.25, -0.2) is 0 Å². The molecule has 1 aliphatic rings. The van der Waals surface area contributed by atoms with Crippen LogP contribution in [0.1, 0.15) is 33.5 Å². The summed E-state index contributed by atoms with van der Waals surface area (Å²) in [6, 6.07) is 19.0. The van der Waals surface area contributed by atoms with E-state index in [1.165, 1.54) is 0 Å². The van der Waals surface area contributed by atoms with Gasteiger partial charge in [0.05, 0.1) is 18.8 Å². The zero-order valence-corrected chi connectivity index (χ0v) is 16.0. The fourth-order valence-corrected chi connectivity index (χ4v) is 3.48. The Morgan fingerprint density at radius 2 is 1.96 bits per heavy atom. The van der Waals surface area contributed by atoms with Crippen LogP contribution in [0.2, 0.25) is 5.02 Å². The molecular formula is C22H20ClN3O2. The van der Waals surface area contributed by atoms with Gasteiger partial charge in [0.25, 0.3) is 5.91 Å². The van der Waals surface area contributed by atoms with E-state index in [1.807, 2.05) is 48.5 Å². The van der Waals surface area contributed by atoms with Crippen molar-refractivity contribution in [3.8, 4) is 0 Å². The molecule has 2 aromatic heterocycles. The number of carbonyl (C=O) groups is 1. The van der Waals surface area contributed by atoms with E-state index >= 15 is 0 Å². The van der Waals surface area contributed by atoms with E-state index in [2.05, 4.69) is 4.98 Å². The van der Waals surface area contributed by atoms with Crippen LogP contribution in [-0.2, 0) is 11.2 Å². The molecule has 0 N–H and O–H groups in total. The molecule has 1 unspecified atom stereocenters. The highest BCUT2D eigenvalue weighted by atomic mass is 35.5. The first-order chi connectivity index (χ1) is 13.7. The molecule has 5 nitrogen and oxygen atoms in total. The second-order valence-corrected chi connectivity index (χ2v) is 7.05. The van der Waals surface area contributed by atoms with Crippen LogP contribution in [-0.4, -0.2) is 40.5 Å². The van der Waals surface area contributed by atoms with Crippen molar-refractivity contribution < 1.29 is 9.53 Å². The molecule has 0 bridgehead atoms. The van der Waals surface area contributed by atoms with Crippen LogP contribution in [0.25, 0.3) is 0 Å². The number of aromatic nitrogens is 2. The summed E-state index contributed by atoms with van der Waals surface area (Å²) in [7, 11) is 0.